The van der Waals surface area contributed by atoms with E-state index in [0.717, 1.165) is 54.9 Å². The standard InChI is InChI=1S/C24H29N9O2/c1-23(2,3)22-29-19(30-35-22)21(34)27-16-9-24(10-16)6-8-32(14-24)20-18-5-7-25-33(18)13-17(28-20)15-11-26-31(4)12-15/h5,7,11-13,16H,6,8-10,14H2,1-4H3,(H,27,34)/t16-,24-. The lowest BCUT2D eigenvalue weighted by Crippen LogP contribution is -2.52. The van der Waals surface area contributed by atoms with Gasteiger partial charge in [-0.2, -0.15) is 15.2 Å². The monoisotopic (exact) mass is 475 g/mol. The van der Waals surface area contributed by atoms with Crippen molar-refractivity contribution in [3.63, 3.8) is 0 Å². The zero-order valence-electron chi connectivity index (χ0n) is 20.4. The van der Waals surface area contributed by atoms with Crippen molar-refractivity contribution >= 4 is 17.2 Å². The Morgan fingerprint density at radius 2 is 2.03 bits per heavy atom. The number of hydrogen-bond acceptors (Lipinski definition) is 8. The quantitative estimate of drug-likeness (QED) is 0.478. The SMILES string of the molecule is Cn1cc(-c2cn3nccc3c(N3CC[C@]4(C3)C[C@H](NC(=O)c3noc(C(C)(C)C)n3)C4)n2)cn1. The van der Waals surface area contributed by atoms with Crippen LogP contribution in [0.1, 0.15) is 56.5 Å². The maximum atomic E-state index is 12.6. The van der Waals surface area contributed by atoms with Crippen molar-refractivity contribution in [1.29, 1.82) is 0 Å². The third kappa shape index (κ3) is 3.84. The molecular formula is C24H29N9O2. The van der Waals surface area contributed by atoms with Gasteiger partial charge in [-0.15, -0.1) is 0 Å². The van der Waals surface area contributed by atoms with Crippen molar-refractivity contribution in [2.45, 2.75) is 51.5 Å². The molecule has 0 atom stereocenters. The van der Waals surface area contributed by atoms with Crippen molar-refractivity contribution in [3.05, 3.63) is 42.6 Å². The molecule has 2 fully saturated rings. The summed E-state index contributed by atoms with van der Waals surface area (Å²) in [6.07, 6.45) is 10.4. The maximum Gasteiger partial charge on any atom is 0.292 e. The number of carbonyl (C=O) groups is 1. The fourth-order valence-corrected chi connectivity index (χ4v) is 5.24. The highest BCUT2D eigenvalue weighted by Crippen LogP contribution is 2.49. The second kappa shape index (κ2) is 7.62. The minimum atomic E-state index is -0.289. The van der Waals surface area contributed by atoms with E-state index in [9.17, 15) is 4.79 Å². The molecule has 1 aliphatic heterocycles. The normalized spacial score (nSPS) is 22.2. The van der Waals surface area contributed by atoms with Crippen LogP contribution in [-0.2, 0) is 12.5 Å². The minimum Gasteiger partial charge on any atom is -0.354 e. The Bertz CT molecular complexity index is 1400. The van der Waals surface area contributed by atoms with E-state index >= 15 is 0 Å². The van der Waals surface area contributed by atoms with Crippen LogP contribution in [0.4, 0.5) is 5.82 Å². The summed E-state index contributed by atoms with van der Waals surface area (Å²) >= 11 is 0. The summed E-state index contributed by atoms with van der Waals surface area (Å²) in [4.78, 5) is 24.3. The molecule has 1 spiro atoms. The largest absolute Gasteiger partial charge is 0.354 e. The summed E-state index contributed by atoms with van der Waals surface area (Å²) in [7, 11) is 1.90. The average Bonchev–Trinajstić information content (AvgIpc) is 3.56. The van der Waals surface area contributed by atoms with E-state index in [-0.39, 0.29) is 28.6 Å². The molecule has 182 valence electrons. The van der Waals surface area contributed by atoms with Crippen molar-refractivity contribution in [2.24, 2.45) is 12.5 Å². The van der Waals surface area contributed by atoms with E-state index in [1.807, 2.05) is 57.0 Å². The number of amides is 1. The third-order valence-corrected chi connectivity index (χ3v) is 7.07. The molecule has 6 rings (SSSR count). The molecule has 0 radical (unpaired) electrons. The first-order valence-corrected chi connectivity index (χ1v) is 11.9. The van der Waals surface area contributed by atoms with Gasteiger partial charge in [-0.3, -0.25) is 9.48 Å². The summed E-state index contributed by atoms with van der Waals surface area (Å²) in [5.74, 6) is 1.23. The van der Waals surface area contributed by atoms with Crippen molar-refractivity contribution in [3.8, 4) is 11.3 Å². The first-order valence-electron chi connectivity index (χ1n) is 11.9. The summed E-state index contributed by atoms with van der Waals surface area (Å²) in [6, 6.07) is 2.12. The highest BCUT2D eigenvalue weighted by molar-refractivity contribution is 5.90. The zero-order valence-corrected chi connectivity index (χ0v) is 20.4. The second-order valence-corrected chi connectivity index (χ2v) is 10.9. The molecule has 0 bridgehead atoms. The van der Waals surface area contributed by atoms with E-state index in [1.165, 1.54) is 0 Å². The average molecular weight is 476 g/mol. The highest BCUT2D eigenvalue weighted by atomic mass is 16.5. The van der Waals surface area contributed by atoms with E-state index in [0.29, 0.717) is 5.89 Å². The van der Waals surface area contributed by atoms with E-state index in [1.54, 1.807) is 10.9 Å². The van der Waals surface area contributed by atoms with Gasteiger partial charge in [0, 0.05) is 43.4 Å². The molecule has 11 heteroatoms. The van der Waals surface area contributed by atoms with Gasteiger partial charge in [0.15, 0.2) is 5.82 Å². The lowest BCUT2D eigenvalue weighted by atomic mass is 9.65. The van der Waals surface area contributed by atoms with Crippen LogP contribution in [0, 0.1) is 5.41 Å². The molecule has 0 unspecified atom stereocenters. The Labute approximate surface area is 202 Å². The molecule has 4 aromatic heterocycles. The van der Waals surface area contributed by atoms with Gasteiger partial charge in [0.25, 0.3) is 11.7 Å². The number of nitrogens with zero attached hydrogens (tertiary/aromatic N) is 8. The van der Waals surface area contributed by atoms with Gasteiger partial charge in [-0.05, 0) is 30.7 Å². The fraction of sp³-hybridized carbons (Fsp3) is 0.500. The molecule has 0 aromatic carbocycles. The van der Waals surface area contributed by atoms with Crippen LogP contribution in [0.5, 0.6) is 0 Å². The molecule has 1 amide bonds. The number of nitrogens with one attached hydrogen (secondary N) is 1. The van der Waals surface area contributed by atoms with Crippen molar-refractivity contribution in [2.75, 3.05) is 18.0 Å². The molecule has 1 saturated carbocycles. The lowest BCUT2D eigenvalue weighted by Gasteiger charge is -2.45. The molecule has 1 saturated heterocycles. The summed E-state index contributed by atoms with van der Waals surface area (Å²) in [5, 5.41) is 15.7. The van der Waals surface area contributed by atoms with Crippen LogP contribution in [-0.4, -0.2) is 59.6 Å². The first-order chi connectivity index (χ1) is 16.7. The van der Waals surface area contributed by atoms with Crippen LogP contribution in [0.3, 0.4) is 0 Å². The smallest absolute Gasteiger partial charge is 0.292 e. The van der Waals surface area contributed by atoms with E-state index < -0.39 is 0 Å². The van der Waals surface area contributed by atoms with E-state index in [2.05, 4.69) is 30.6 Å². The van der Waals surface area contributed by atoms with Gasteiger partial charge in [-0.25, -0.2) is 9.50 Å². The number of fused-ring (bicyclic) bond motifs is 1. The van der Waals surface area contributed by atoms with Gasteiger partial charge in [-0.1, -0.05) is 25.9 Å². The van der Waals surface area contributed by atoms with Gasteiger partial charge in [0.2, 0.25) is 5.89 Å². The fourth-order valence-electron chi connectivity index (χ4n) is 5.24. The van der Waals surface area contributed by atoms with Gasteiger partial charge < -0.3 is 14.7 Å². The summed E-state index contributed by atoms with van der Waals surface area (Å²) in [5.41, 5.74) is 2.68. The van der Waals surface area contributed by atoms with Crippen molar-refractivity contribution in [1.82, 2.24) is 39.8 Å². The number of hydrogen-bond donors (Lipinski definition) is 1. The van der Waals surface area contributed by atoms with Gasteiger partial charge in [0.1, 0.15) is 5.52 Å². The number of aromatic nitrogens is 7. The zero-order chi connectivity index (χ0) is 24.4. The van der Waals surface area contributed by atoms with Crippen molar-refractivity contribution < 1.29 is 9.32 Å². The molecule has 4 aromatic rings. The number of anilines is 1. The van der Waals surface area contributed by atoms with Crippen LogP contribution in [0.15, 0.2) is 35.4 Å². The first kappa shape index (κ1) is 21.8. The highest BCUT2D eigenvalue weighted by Gasteiger charge is 2.49. The predicted octanol–water partition coefficient (Wildman–Crippen LogP) is 2.60. The number of rotatable bonds is 4. The van der Waals surface area contributed by atoms with Crippen LogP contribution in [0.2, 0.25) is 0 Å². The Morgan fingerprint density at radius 1 is 1.20 bits per heavy atom. The minimum absolute atomic E-state index is 0.100. The lowest BCUT2D eigenvalue weighted by molar-refractivity contribution is 0.0745. The second-order valence-electron chi connectivity index (χ2n) is 10.9. The summed E-state index contributed by atoms with van der Waals surface area (Å²) < 4.78 is 8.92. The molecule has 11 nitrogen and oxygen atoms in total. The molecule has 2 aliphatic rings. The van der Waals surface area contributed by atoms with E-state index in [4.69, 9.17) is 9.51 Å². The Hall–Kier alpha value is -3.76. The molecule has 1 N–H and O–H groups in total. The van der Waals surface area contributed by atoms with Crippen LogP contribution in [0.25, 0.3) is 16.8 Å². The number of aryl methyl sites for hydroxylation is 1. The molecule has 1 aliphatic carbocycles. The predicted molar refractivity (Wildman–Crippen MR) is 128 cm³/mol. The van der Waals surface area contributed by atoms with Gasteiger partial charge in [0.05, 0.1) is 24.3 Å². The molecule has 35 heavy (non-hydrogen) atoms. The van der Waals surface area contributed by atoms with Crippen LogP contribution < -0.4 is 10.2 Å². The maximum absolute atomic E-state index is 12.6. The topological polar surface area (TPSA) is 119 Å². The molecular weight excluding hydrogens is 446 g/mol. The molecule has 5 heterocycles. The Balaban J connectivity index is 1.14. The van der Waals surface area contributed by atoms with Gasteiger partial charge >= 0.3 is 0 Å². The Morgan fingerprint density at radius 3 is 2.74 bits per heavy atom. The third-order valence-electron chi connectivity index (χ3n) is 7.07. The van der Waals surface area contributed by atoms with Crippen LogP contribution >= 0.6 is 0 Å². The Kier molecular flexibility index (Phi) is 4.74. The number of carbonyl (C=O) groups excluding carboxylic acids is 1. The summed E-state index contributed by atoms with van der Waals surface area (Å²) in [6.45, 7) is 7.75.